The first-order valence-corrected chi connectivity index (χ1v) is 22.3. The zero-order valence-corrected chi connectivity index (χ0v) is 37.1. The maximum Gasteiger partial charge on any atom is 0.336 e. The van der Waals surface area contributed by atoms with Gasteiger partial charge in [0.25, 0.3) is 0 Å². The number of carbonyl (C=O) groups excluding carboxylic acids is 3. The number of esters is 3. The third kappa shape index (κ3) is 6.43. The van der Waals surface area contributed by atoms with Crippen molar-refractivity contribution >= 4 is 35.7 Å². The van der Waals surface area contributed by atoms with Gasteiger partial charge in [-0.1, -0.05) is 36.4 Å². The monoisotopic (exact) mass is 891 g/mol. The van der Waals surface area contributed by atoms with E-state index in [1.165, 1.54) is 39.0 Å². The van der Waals surface area contributed by atoms with Gasteiger partial charge in [0.1, 0.15) is 18.6 Å². The molecule has 0 aliphatic carbocycles. The lowest BCUT2D eigenvalue weighted by Crippen LogP contribution is -2.70. The molecule has 4 aromatic carbocycles. The first-order chi connectivity index (χ1) is 30.9. The predicted octanol–water partition coefficient (Wildman–Crippen LogP) is 5.33. The summed E-state index contributed by atoms with van der Waals surface area (Å²) in [4.78, 5) is 45.3. The number of aromatic hydroxyl groups is 1. The van der Waals surface area contributed by atoms with Crippen molar-refractivity contribution in [2.45, 2.75) is 74.8 Å². The molecule has 0 saturated carbocycles. The Morgan fingerprint density at radius 1 is 0.953 bits per heavy atom. The summed E-state index contributed by atoms with van der Waals surface area (Å²) in [5.74, 6) is 0.421. The second-order valence-corrected chi connectivity index (χ2v) is 18.2. The molecule has 0 radical (unpaired) electrons. The van der Waals surface area contributed by atoms with Gasteiger partial charge in [-0.25, -0.2) is 9.59 Å². The maximum atomic E-state index is 15.0. The summed E-state index contributed by atoms with van der Waals surface area (Å²) < 4.78 is 42.4. The van der Waals surface area contributed by atoms with E-state index in [0.717, 1.165) is 22.3 Å². The lowest BCUT2D eigenvalue weighted by molar-refractivity contribution is -0.186. The second kappa shape index (κ2) is 16.0. The molecule has 0 amide bonds. The average molecular weight is 892 g/mol. The number of piperazine rings is 1. The summed E-state index contributed by atoms with van der Waals surface area (Å²) in [5, 5.41) is 27.7. The Hall–Kier alpha value is -5.78. The van der Waals surface area contributed by atoms with Gasteiger partial charge < -0.3 is 43.4 Å². The Kier molecular flexibility index (Phi) is 10.6. The highest BCUT2D eigenvalue weighted by Crippen LogP contribution is 2.64. The smallest absolute Gasteiger partial charge is 0.336 e. The summed E-state index contributed by atoms with van der Waals surface area (Å²) in [6.07, 6.45) is 2.88. The van der Waals surface area contributed by atoms with Crippen LogP contribution in [0.25, 0.3) is 6.08 Å². The minimum absolute atomic E-state index is 0.0225. The first-order valence-electron chi connectivity index (χ1n) is 21.3. The predicted molar refractivity (Wildman–Crippen MR) is 234 cm³/mol. The topological polar surface area (TPSA) is 175 Å². The van der Waals surface area contributed by atoms with Gasteiger partial charge in [-0.3, -0.25) is 19.9 Å². The molecule has 334 valence electrons. The van der Waals surface area contributed by atoms with Gasteiger partial charge in [-0.15, -0.1) is 11.8 Å². The van der Waals surface area contributed by atoms with Gasteiger partial charge in [0.2, 0.25) is 6.79 Å². The second-order valence-electron chi connectivity index (χ2n) is 17.1. The van der Waals surface area contributed by atoms with Crippen LogP contribution in [0.3, 0.4) is 0 Å². The molecule has 11 rings (SSSR count). The molecule has 1 unspecified atom stereocenters. The molecule has 2 saturated heterocycles. The van der Waals surface area contributed by atoms with E-state index in [-0.39, 0.29) is 36.4 Å². The Labute approximate surface area is 374 Å². The van der Waals surface area contributed by atoms with Crippen molar-refractivity contribution in [1.82, 2.24) is 15.1 Å². The number of likely N-dealkylation sites (N-methyl/N-ethyl adjacent to an activating group) is 1. The molecule has 7 atom stereocenters. The molecule has 3 N–H and O–H groups in total. The number of benzene rings is 4. The summed E-state index contributed by atoms with van der Waals surface area (Å²) in [7, 11) is 4.96. The van der Waals surface area contributed by atoms with Crippen LogP contribution in [-0.2, 0) is 37.5 Å². The van der Waals surface area contributed by atoms with E-state index in [2.05, 4.69) is 10.2 Å². The Balaban J connectivity index is 1.14. The number of carbonyl (C=O) groups is 3. The van der Waals surface area contributed by atoms with Crippen molar-refractivity contribution < 1.29 is 57.8 Å². The molecular formula is C48H49N3O12S. The molecule has 2 fully saturated rings. The van der Waals surface area contributed by atoms with Crippen LogP contribution in [0.5, 0.6) is 40.2 Å². The molecule has 7 heterocycles. The van der Waals surface area contributed by atoms with Crippen LogP contribution < -0.4 is 33.7 Å². The molecular weight excluding hydrogens is 843 g/mol. The number of nitrogens with one attached hydrogen (secondary N) is 1. The number of aliphatic hydroxyl groups is 1. The van der Waals surface area contributed by atoms with Gasteiger partial charge in [-0.2, -0.15) is 0 Å². The third-order valence-corrected chi connectivity index (χ3v) is 15.1. The quantitative estimate of drug-likeness (QED) is 0.129. The first kappa shape index (κ1) is 42.2. The normalized spacial score (nSPS) is 26.6. The molecule has 0 aromatic heterocycles. The van der Waals surface area contributed by atoms with E-state index in [4.69, 9.17) is 33.2 Å². The highest BCUT2D eigenvalue weighted by Gasteiger charge is 2.61. The third-order valence-electron chi connectivity index (χ3n) is 13.7. The van der Waals surface area contributed by atoms with Crippen LogP contribution in [0.15, 0.2) is 54.6 Å². The number of fused-ring (bicyclic) bond motifs is 9. The molecule has 64 heavy (non-hydrogen) atoms. The number of nitrogens with zero attached hydrogens (tertiary/aromatic N) is 2. The average Bonchev–Trinajstić information content (AvgIpc) is 3.78. The van der Waals surface area contributed by atoms with Gasteiger partial charge >= 0.3 is 17.9 Å². The number of rotatable bonds is 6. The van der Waals surface area contributed by atoms with Crippen LogP contribution in [0.4, 0.5) is 0 Å². The van der Waals surface area contributed by atoms with E-state index in [1.54, 1.807) is 18.2 Å². The Morgan fingerprint density at radius 2 is 1.73 bits per heavy atom. The van der Waals surface area contributed by atoms with Crippen LogP contribution in [-0.4, -0.2) is 103 Å². The number of aryl methyl sites for hydroxylation is 1. The number of phenolic OH excluding ortho intramolecular Hbond substituents is 1. The van der Waals surface area contributed by atoms with Crippen LogP contribution >= 0.6 is 11.8 Å². The van der Waals surface area contributed by atoms with Crippen LogP contribution in [0.1, 0.15) is 74.3 Å². The standard InChI is InChI=1S/C48H49N3O12S/c1-23-16-28-17-30-46(55)51-31-20-59-47(56)48(29-19-32(57-5)33(18-27(29)14-15-49-48)63-34(53)13-12-26-10-8-7-9-11-26)21-64-45(39(51)38(50(30)4)35(28)40(54)41(23)58-6)37-36(31)44-43(60-22-61-44)24(2)42(37)62-25(3)52/h7-13,16,18-19,30-31,38-39,45-46,49,54-55H,14-15,17,20-22H2,1-6H3/b13-12+/t30-,31-,38+,39?,45+,46-,48+/m0/s1. The summed E-state index contributed by atoms with van der Waals surface area (Å²) in [6.45, 7) is 5.13. The van der Waals surface area contributed by atoms with E-state index >= 15 is 4.79 Å². The van der Waals surface area contributed by atoms with E-state index < -0.39 is 59.1 Å². The number of thioether (sulfide) groups is 1. The van der Waals surface area contributed by atoms with Crippen molar-refractivity contribution in [2.24, 2.45) is 0 Å². The van der Waals surface area contributed by atoms with Crippen molar-refractivity contribution in [3.8, 4) is 40.2 Å². The number of phenols is 1. The molecule has 4 aromatic rings. The number of aliphatic hydroxyl groups excluding tert-OH is 1. The minimum atomic E-state index is -1.44. The highest BCUT2D eigenvalue weighted by molar-refractivity contribution is 7.99. The van der Waals surface area contributed by atoms with E-state index in [9.17, 15) is 19.8 Å². The SMILES string of the molecule is COc1cc2c(cc1OC(=O)/C=C/c1ccccc1)CCN[C@]21CS[C@@H]2c3c(OC(C)=O)c(C)c4c(c3[C@H](COC1=O)N1C2[C@H]2c3c(cc(C)c(OC)c3O)C[C@@H]([C@@H]1O)N2C)OCO4. The number of ether oxygens (including phenoxy) is 7. The number of hydrogen-bond donors (Lipinski definition) is 3. The summed E-state index contributed by atoms with van der Waals surface area (Å²) >= 11 is 1.45. The number of hydrogen-bond acceptors (Lipinski definition) is 16. The summed E-state index contributed by atoms with van der Waals surface area (Å²) in [5.41, 5.74) is 4.94. The molecule has 7 aliphatic heterocycles. The van der Waals surface area contributed by atoms with Gasteiger partial charge in [0.15, 0.2) is 40.0 Å². The molecule has 1 spiro atoms. The Bertz CT molecular complexity index is 2640. The fourth-order valence-corrected chi connectivity index (χ4v) is 12.6. The summed E-state index contributed by atoms with van der Waals surface area (Å²) in [6, 6.07) is 12.5. The maximum absolute atomic E-state index is 15.0. The van der Waals surface area contributed by atoms with Crippen molar-refractivity contribution in [1.29, 1.82) is 0 Å². The fraction of sp³-hybridized carbons (Fsp3) is 0.396. The lowest BCUT2D eigenvalue weighted by atomic mass is 9.73. The molecule has 15 nitrogen and oxygen atoms in total. The van der Waals surface area contributed by atoms with Crippen LogP contribution in [0.2, 0.25) is 0 Å². The molecule has 4 bridgehead atoms. The molecule has 16 heteroatoms. The molecule has 7 aliphatic rings. The van der Waals surface area contributed by atoms with Crippen molar-refractivity contribution in [3.05, 3.63) is 105 Å². The van der Waals surface area contributed by atoms with Gasteiger partial charge in [0.05, 0.1) is 37.6 Å². The van der Waals surface area contributed by atoms with Crippen molar-refractivity contribution in [2.75, 3.05) is 47.0 Å². The van der Waals surface area contributed by atoms with Crippen molar-refractivity contribution in [3.63, 3.8) is 0 Å². The highest BCUT2D eigenvalue weighted by atomic mass is 32.2. The van der Waals surface area contributed by atoms with E-state index in [1.807, 2.05) is 62.2 Å². The largest absolute Gasteiger partial charge is 0.504 e. The number of methoxy groups -OCH3 is 2. The van der Waals surface area contributed by atoms with Crippen LogP contribution in [0, 0.1) is 13.8 Å². The van der Waals surface area contributed by atoms with Gasteiger partial charge in [0, 0.05) is 53.6 Å². The van der Waals surface area contributed by atoms with Gasteiger partial charge in [-0.05, 0) is 79.8 Å². The van der Waals surface area contributed by atoms with E-state index in [0.29, 0.717) is 70.2 Å². The lowest BCUT2D eigenvalue weighted by Gasteiger charge is -2.62. The fourth-order valence-electron chi connectivity index (χ4n) is 10.9. The zero-order chi connectivity index (χ0) is 44.8. The Morgan fingerprint density at radius 3 is 2.48 bits per heavy atom. The minimum Gasteiger partial charge on any atom is -0.504 e. The zero-order valence-electron chi connectivity index (χ0n) is 36.3.